The summed E-state index contributed by atoms with van der Waals surface area (Å²) in [7, 11) is 1.51. The third-order valence-corrected chi connectivity index (χ3v) is 3.68. The Morgan fingerprint density at radius 3 is 2.68 bits per heavy atom. The Morgan fingerprint density at radius 1 is 1.32 bits per heavy atom. The van der Waals surface area contributed by atoms with Crippen molar-refractivity contribution in [3.63, 3.8) is 0 Å². The Balaban J connectivity index is 1.89. The molecule has 4 heteroatoms. The van der Waals surface area contributed by atoms with Gasteiger partial charge in [0.25, 0.3) is 0 Å². The number of methoxy groups -OCH3 is 1. The zero-order valence-corrected chi connectivity index (χ0v) is 13.2. The zero-order valence-electron chi connectivity index (χ0n) is 13.2. The molecule has 0 radical (unpaired) electrons. The number of carbonyl (C=O) groups excluding carboxylic acids is 1. The van der Waals surface area contributed by atoms with Gasteiger partial charge in [0.05, 0.1) is 12.7 Å². The number of rotatable bonds is 7. The molecule has 22 heavy (non-hydrogen) atoms. The SMILES string of the molecule is CCCC[C@@H]1C=C[C@@H](OC(=O)[C@@H](OC)c2ccccc2)CO1. The molecule has 4 nitrogen and oxygen atoms in total. The van der Waals surface area contributed by atoms with Crippen LogP contribution in [0, 0.1) is 0 Å². The third kappa shape index (κ3) is 4.68. The molecule has 1 aliphatic heterocycles. The van der Waals surface area contributed by atoms with E-state index in [1.165, 1.54) is 7.11 Å². The van der Waals surface area contributed by atoms with Crippen molar-refractivity contribution < 1.29 is 19.0 Å². The molecule has 0 saturated carbocycles. The van der Waals surface area contributed by atoms with Crippen molar-refractivity contribution in [1.29, 1.82) is 0 Å². The highest BCUT2D eigenvalue weighted by molar-refractivity contribution is 5.76. The topological polar surface area (TPSA) is 44.8 Å². The highest BCUT2D eigenvalue weighted by Crippen LogP contribution is 2.20. The van der Waals surface area contributed by atoms with Crippen LogP contribution in [0.15, 0.2) is 42.5 Å². The average Bonchev–Trinajstić information content (AvgIpc) is 2.56. The third-order valence-electron chi connectivity index (χ3n) is 3.68. The lowest BCUT2D eigenvalue weighted by molar-refractivity contribution is -0.163. The maximum absolute atomic E-state index is 12.3. The lowest BCUT2D eigenvalue weighted by Crippen LogP contribution is -2.31. The zero-order chi connectivity index (χ0) is 15.8. The molecule has 0 saturated heterocycles. The van der Waals surface area contributed by atoms with Crippen LogP contribution in [0.5, 0.6) is 0 Å². The second-order valence-electron chi connectivity index (χ2n) is 5.40. The smallest absolute Gasteiger partial charge is 0.340 e. The van der Waals surface area contributed by atoms with Crippen LogP contribution in [0.3, 0.4) is 0 Å². The number of carbonyl (C=O) groups is 1. The van der Waals surface area contributed by atoms with Crippen molar-refractivity contribution in [2.24, 2.45) is 0 Å². The Hall–Kier alpha value is -1.65. The Bertz CT molecular complexity index is 483. The van der Waals surface area contributed by atoms with Crippen molar-refractivity contribution in [2.75, 3.05) is 13.7 Å². The predicted molar refractivity (Wildman–Crippen MR) is 84.5 cm³/mol. The number of esters is 1. The maximum Gasteiger partial charge on any atom is 0.340 e. The normalized spacial score (nSPS) is 22.3. The Labute approximate surface area is 132 Å². The van der Waals surface area contributed by atoms with Gasteiger partial charge in [0.1, 0.15) is 6.10 Å². The van der Waals surface area contributed by atoms with Gasteiger partial charge in [-0.05, 0) is 18.1 Å². The van der Waals surface area contributed by atoms with Gasteiger partial charge in [-0.25, -0.2) is 4.79 Å². The van der Waals surface area contributed by atoms with Crippen molar-refractivity contribution in [3.05, 3.63) is 48.0 Å². The van der Waals surface area contributed by atoms with Crippen molar-refractivity contribution in [1.82, 2.24) is 0 Å². The van der Waals surface area contributed by atoms with E-state index < -0.39 is 6.10 Å². The predicted octanol–water partition coefficient (Wildman–Crippen LogP) is 3.43. The quantitative estimate of drug-likeness (QED) is 0.572. The summed E-state index contributed by atoms with van der Waals surface area (Å²) in [4.78, 5) is 12.3. The van der Waals surface area contributed by atoms with Crippen LogP contribution in [0.4, 0.5) is 0 Å². The highest BCUT2D eigenvalue weighted by atomic mass is 16.6. The first kappa shape index (κ1) is 16.7. The molecule has 0 unspecified atom stereocenters. The molecule has 120 valence electrons. The summed E-state index contributed by atoms with van der Waals surface area (Å²) in [6.45, 7) is 2.56. The average molecular weight is 304 g/mol. The molecular formula is C18H24O4. The standard InChI is InChI=1S/C18H24O4/c1-3-4-10-15-11-12-16(13-21-15)22-18(19)17(20-2)14-8-6-5-7-9-14/h5-9,11-12,15-17H,3-4,10,13H2,1-2H3/t15-,16-,17+/m1/s1. The van der Waals surface area contributed by atoms with E-state index in [1.54, 1.807) is 0 Å². The van der Waals surface area contributed by atoms with E-state index >= 15 is 0 Å². The first-order valence-corrected chi connectivity index (χ1v) is 7.82. The van der Waals surface area contributed by atoms with Gasteiger partial charge in [-0.2, -0.15) is 0 Å². The van der Waals surface area contributed by atoms with Crippen LogP contribution < -0.4 is 0 Å². The van der Waals surface area contributed by atoms with Gasteiger partial charge in [-0.1, -0.05) is 56.2 Å². The van der Waals surface area contributed by atoms with Gasteiger partial charge in [-0.15, -0.1) is 0 Å². The molecule has 0 aromatic heterocycles. The molecule has 0 bridgehead atoms. The monoisotopic (exact) mass is 304 g/mol. The van der Waals surface area contributed by atoms with E-state index in [9.17, 15) is 4.79 Å². The minimum atomic E-state index is -0.701. The molecule has 1 aromatic carbocycles. The fourth-order valence-corrected chi connectivity index (χ4v) is 2.44. The maximum atomic E-state index is 12.3. The van der Waals surface area contributed by atoms with Gasteiger partial charge in [-0.3, -0.25) is 0 Å². The fraction of sp³-hybridized carbons (Fsp3) is 0.500. The number of ether oxygens (including phenoxy) is 3. The lowest BCUT2D eigenvalue weighted by Gasteiger charge is -2.25. The van der Waals surface area contributed by atoms with Crippen molar-refractivity contribution in [3.8, 4) is 0 Å². The Kier molecular flexibility index (Phi) is 6.62. The number of benzene rings is 1. The minimum Gasteiger partial charge on any atom is -0.453 e. The molecular weight excluding hydrogens is 280 g/mol. The molecule has 0 N–H and O–H groups in total. The Morgan fingerprint density at radius 2 is 2.09 bits per heavy atom. The summed E-state index contributed by atoms with van der Waals surface area (Å²) in [6.07, 6.45) is 6.30. The van der Waals surface area contributed by atoms with Crippen LogP contribution in [0.25, 0.3) is 0 Å². The van der Waals surface area contributed by atoms with Crippen LogP contribution in [-0.2, 0) is 19.0 Å². The largest absolute Gasteiger partial charge is 0.453 e. The molecule has 1 heterocycles. The first-order valence-electron chi connectivity index (χ1n) is 7.82. The molecule has 0 amide bonds. The van der Waals surface area contributed by atoms with Gasteiger partial charge < -0.3 is 14.2 Å². The van der Waals surface area contributed by atoms with Gasteiger partial charge in [0.15, 0.2) is 6.10 Å². The molecule has 1 aliphatic rings. The van der Waals surface area contributed by atoms with E-state index in [0.29, 0.717) is 6.61 Å². The van der Waals surface area contributed by atoms with Gasteiger partial charge in [0, 0.05) is 7.11 Å². The molecule has 2 rings (SSSR count). The van der Waals surface area contributed by atoms with Gasteiger partial charge >= 0.3 is 5.97 Å². The molecule has 3 atom stereocenters. The second kappa shape index (κ2) is 8.71. The number of hydrogen-bond donors (Lipinski definition) is 0. The van der Waals surface area contributed by atoms with Crippen molar-refractivity contribution in [2.45, 2.75) is 44.5 Å². The summed E-state index contributed by atoms with van der Waals surface area (Å²) < 4.78 is 16.5. The summed E-state index contributed by atoms with van der Waals surface area (Å²) in [5.74, 6) is -0.390. The molecule has 1 aromatic rings. The van der Waals surface area contributed by atoms with Crippen LogP contribution in [0.2, 0.25) is 0 Å². The van der Waals surface area contributed by atoms with E-state index in [-0.39, 0.29) is 18.2 Å². The first-order chi connectivity index (χ1) is 10.7. The second-order valence-corrected chi connectivity index (χ2v) is 5.40. The number of unbranched alkanes of at least 4 members (excludes halogenated alkanes) is 1. The molecule has 0 fully saturated rings. The van der Waals surface area contributed by atoms with Crippen LogP contribution in [0.1, 0.15) is 37.9 Å². The van der Waals surface area contributed by atoms with E-state index in [4.69, 9.17) is 14.2 Å². The fourth-order valence-electron chi connectivity index (χ4n) is 2.44. The van der Waals surface area contributed by atoms with Crippen molar-refractivity contribution >= 4 is 5.97 Å². The van der Waals surface area contributed by atoms with E-state index in [2.05, 4.69) is 6.92 Å². The molecule has 0 aliphatic carbocycles. The van der Waals surface area contributed by atoms with E-state index in [1.807, 2.05) is 42.5 Å². The summed E-state index contributed by atoms with van der Waals surface area (Å²) >= 11 is 0. The van der Waals surface area contributed by atoms with Gasteiger partial charge in [0.2, 0.25) is 0 Å². The lowest BCUT2D eigenvalue weighted by atomic mass is 10.1. The summed E-state index contributed by atoms with van der Waals surface area (Å²) in [5.41, 5.74) is 0.788. The van der Waals surface area contributed by atoms with Crippen LogP contribution in [-0.4, -0.2) is 31.9 Å². The summed E-state index contributed by atoms with van der Waals surface area (Å²) in [5, 5.41) is 0. The highest BCUT2D eigenvalue weighted by Gasteiger charge is 2.26. The minimum absolute atomic E-state index is 0.141. The van der Waals surface area contributed by atoms with Crippen LogP contribution >= 0.6 is 0 Å². The summed E-state index contributed by atoms with van der Waals surface area (Å²) in [6, 6.07) is 9.34. The molecule has 0 spiro atoms. The number of hydrogen-bond acceptors (Lipinski definition) is 4. The van der Waals surface area contributed by atoms with E-state index in [0.717, 1.165) is 24.8 Å².